The van der Waals surface area contributed by atoms with Gasteiger partial charge in [-0.15, -0.1) is 12.4 Å². The SMILES string of the molecule is CCCC[C@@H](c1ccc(C(F)(F)F)cc1F)N1CCNCC1.Cl. The van der Waals surface area contributed by atoms with E-state index < -0.39 is 17.6 Å². The van der Waals surface area contributed by atoms with Crippen LogP contribution in [0.2, 0.25) is 0 Å². The first-order chi connectivity index (χ1) is 10.4. The van der Waals surface area contributed by atoms with Crippen LogP contribution in [-0.2, 0) is 6.18 Å². The molecule has 0 amide bonds. The Balaban J connectivity index is 0.00000264. The molecule has 1 fully saturated rings. The van der Waals surface area contributed by atoms with Gasteiger partial charge in [-0.3, -0.25) is 4.90 Å². The number of hydrogen-bond acceptors (Lipinski definition) is 2. The molecule has 7 heteroatoms. The molecule has 1 aromatic rings. The van der Waals surface area contributed by atoms with E-state index >= 15 is 0 Å². The molecule has 23 heavy (non-hydrogen) atoms. The summed E-state index contributed by atoms with van der Waals surface area (Å²) in [5, 5.41) is 3.24. The second-order valence-corrected chi connectivity index (χ2v) is 5.68. The lowest BCUT2D eigenvalue weighted by molar-refractivity contribution is -0.137. The minimum absolute atomic E-state index is 0. The van der Waals surface area contributed by atoms with Crippen molar-refractivity contribution in [1.29, 1.82) is 0 Å². The summed E-state index contributed by atoms with van der Waals surface area (Å²) in [6.07, 6.45) is -1.84. The highest BCUT2D eigenvalue weighted by Crippen LogP contribution is 2.34. The molecule has 2 nitrogen and oxygen atoms in total. The molecule has 1 N–H and O–H groups in total. The number of nitrogens with one attached hydrogen (secondary N) is 1. The van der Waals surface area contributed by atoms with Crippen LogP contribution in [0.25, 0.3) is 0 Å². The Labute approximate surface area is 140 Å². The van der Waals surface area contributed by atoms with Gasteiger partial charge in [-0.25, -0.2) is 4.39 Å². The van der Waals surface area contributed by atoms with Gasteiger partial charge in [-0.2, -0.15) is 13.2 Å². The molecule has 0 saturated carbocycles. The summed E-state index contributed by atoms with van der Waals surface area (Å²) in [4.78, 5) is 2.16. The van der Waals surface area contributed by atoms with Crippen LogP contribution < -0.4 is 5.32 Å². The lowest BCUT2D eigenvalue weighted by Crippen LogP contribution is -2.45. The highest BCUT2D eigenvalue weighted by molar-refractivity contribution is 5.85. The van der Waals surface area contributed by atoms with E-state index in [2.05, 4.69) is 17.1 Å². The predicted octanol–water partition coefficient (Wildman–Crippen LogP) is 4.40. The topological polar surface area (TPSA) is 15.3 Å². The Kier molecular flexibility index (Phi) is 7.77. The first-order valence-corrected chi connectivity index (χ1v) is 7.75. The van der Waals surface area contributed by atoms with Gasteiger partial charge in [0.05, 0.1) is 5.56 Å². The molecule has 0 bridgehead atoms. The normalized spacial score (nSPS) is 17.6. The molecule has 0 radical (unpaired) electrons. The van der Waals surface area contributed by atoms with E-state index in [-0.39, 0.29) is 18.4 Å². The summed E-state index contributed by atoms with van der Waals surface area (Å²) in [5.41, 5.74) is -0.549. The fourth-order valence-electron chi connectivity index (χ4n) is 2.90. The maximum Gasteiger partial charge on any atom is 0.416 e. The lowest BCUT2D eigenvalue weighted by atomic mass is 9.97. The third-order valence-corrected chi connectivity index (χ3v) is 4.11. The zero-order valence-corrected chi connectivity index (χ0v) is 13.9. The van der Waals surface area contributed by atoms with E-state index in [1.165, 1.54) is 6.07 Å². The smallest absolute Gasteiger partial charge is 0.314 e. The van der Waals surface area contributed by atoms with E-state index in [9.17, 15) is 17.6 Å². The number of alkyl halides is 3. The van der Waals surface area contributed by atoms with Crippen molar-refractivity contribution in [1.82, 2.24) is 10.2 Å². The second kappa shape index (κ2) is 8.85. The lowest BCUT2D eigenvalue weighted by Gasteiger charge is -2.35. The van der Waals surface area contributed by atoms with Crippen LogP contribution in [0.15, 0.2) is 18.2 Å². The van der Waals surface area contributed by atoms with Crippen molar-refractivity contribution in [2.75, 3.05) is 26.2 Å². The molecule has 0 spiro atoms. The van der Waals surface area contributed by atoms with Crippen LogP contribution in [0.4, 0.5) is 17.6 Å². The molecule has 2 rings (SSSR count). The summed E-state index contributed by atoms with van der Waals surface area (Å²) < 4.78 is 52.3. The van der Waals surface area contributed by atoms with Gasteiger partial charge < -0.3 is 5.32 Å². The zero-order valence-electron chi connectivity index (χ0n) is 13.1. The fourth-order valence-corrected chi connectivity index (χ4v) is 2.90. The summed E-state index contributed by atoms with van der Waals surface area (Å²) in [7, 11) is 0. The van der Waals surface area contributed by atoms with Crippen molar-refractivity contribution >= 4 is 12.4 Å². The predicted molar refractivity (Wildman–Crippen MR) is 85.4 cm³/mol. The van der Waals surface area contributed by atoms with Gasteiger partial charge in [0, 0.05) is 37.8 Å². The van der Waals surface area contributed by atoms with Crippen LogP contribution in [0.1, 0.15) is 43.4 Å². The zero-order chi connectivity index (χ0) is 16.2. The van der Waals surface area contributed by atoms with Gasteiger partial charge in [-0.05, 0) is 18.6 Å². The van der Waals surface area contributed by atoms with Gasteiger partial charge in [0.1, 0.15) is 5.82 Å². The maximum absolute atomic E-state index is 14.3. The van der Waals surface area contributed by atoms with E-state index in [1.54, 1.807) is 0 Å². The first-order valence-electron chi connectivity index (χ1n) is 7.75. The molecule has 0 unspecified atom stereocenters. The molecule has 0 aliphatic carbocycles. The van der Waals surface area contributed by atoms with Crippen molar-refractivity contribution in [3.63, 3.8) is 0 Å². The largest absolute Gasteiger partial charge is 0.416 e. The number of benzene rings is 1. The van der Waals surface area contributed by atoms with E-state index in [1.807, 2.05) is 0 Å². The molecule has 1 aliphatic heterocycles. The number of halogens is 5. The van der Waals surface area contributed by atoms with Crippen molar-refractivity contribution in [2.45, 2.75) is 38.4 Å². The molecule has 1 aliphatic rings. The Bertz CT molecular complexity index is 487. The number of piperazine rings is 1. The van der Waals surface area contributed by atoms with Gasteiger partial charge in [0.25, 0.3) is 0 Å². The van der Waals surface area contributed by atoms with Crippen LogP contribution >= 0.6 is 12.4 Å². The average molecular weight is 355 g/mol. The number of hydrogen-bond donors (Lipinski definition) is 1. The molecule has 132 valence electrons. The standard InChI is InChI=1S/C16H22F4N2.ClH/c1-2-3-4-15(22-9-7-21-8-10-22)13-6-5-12(11-14(13)17)16(18,19)20;/h5-6,11,15,21H,2-4,7-10H2,1H3;1H/t15-;/m0./s1. The number of rotatable bonds is 5. The quantitative estimate of drug-likeness (QED) is 0.788. The minimum Gasteiger partial charge on any atom is -0.314 e. The third-order valence-electron chi connectivity index (χ3n) is 4.11. The van der Waals surface area contributed by atoms with Crippen molar-refractivity contribution in [3.8, 4) is 0 Å². The van der Waals surface area contributed by atoms with Crippen LogP contribution in [-0.4, -0.2) is 31.1 Å². The maximum atomic E-state index is 14.3. The number of unbranched alkanes of at least 4 members (excludes halogenated alkanes) is 1. The Hall–Kier alpha value is -0.850. The summed E-state index contributed by atoms with van der Waals surface area (Å²) in [5.74, 6) is -0.755. The van der Waals surface area contributed by atoms with Crippen molar-refractivity contribution in [2.24, 2.45) is 0 Å². The van der Waals surface area contributed by atoms with Crippen LogP contribution in [0, 0.1) is 5.82 Å². The Morgan fingerprint density at radius 2 is 1.87 bits per heavy atom. The second-order valence-electron chi connectivity index (χ2n) is 5.68. The molecule has 1 atom stereocenters. The first kappa shape index (κ1) is 20.2. The van der Waals surface area contributed by atoms with Gasteiger partial charge in [0.15, 0.2) is 0 Å². The van der Waals surface area contributed by atoms with Gasteiger partial charge >= 0.3 is 6.18 Å². The third kappa shape index (κ3) is 5.33. The molecule has 1 saturated heterocycles. The molecular formula is C16H23ClF4N2. The summed E-state index contributed by atoms with van der Waals surface area (Å²) >= 11 is 0. The minimum atomic E-state index is -4.51. The Morgan fingerprint density at radius 3 is 2.39 bits per heavy atom. The molecule has 1 heterocycles. The highest BCUT2D eigenvalue weighted by Gasteiger charge is 2.32. The average Bonchev–Trinajstić information content (AvgIpc) is 2.49. The Morgan fingerprint density at radius 1 is 1.22 bits per heavy atom. The van der Waals surface area contributed by atoms with Gasteiger partial charge in [-0.1, -0.05) is 25.8 Å². The summed E-state index contributed by atoms with van der Waals surface area (Å²) in [6, 6.07) is 2.76. The van der Waals surface area contributed by atoms with E-state index in [0.717, 1.165) is 51.5 Å². The van der Waals surface area contributed by atoms with Gasteiger partial charge in [0.2, 0.25) is 0 Å². The monoisotopic (exact) mass is 354 g/mol. The number of nitrogens with zero attached hydrogens (tertiary/aromatic N) is 1. The van der Waals surface area contributed by atoms with Crippen LogP contribution in [0.3, 0.4) is 0 Å². The highest BCUT2D eigenvalue weighted by atomic mass is 35.5. The molecular weight excluding hydrogens is 332 g/mol. The van der Waals surface area contributed by atoms with Crippen molar-refractivity contribution < 1.29 is 17.6 Å². The molecule has 1 aromatic carbocycles. The van der Waals surface area contributed by atoms with Crippen LogP contribution in [0.5, 0.6) is 0 Å². The van der Waals surface area contributed by atoms with Crippen molar-refractivity contribution in [3.05, 3.63) is 35.1 Å². The summed E-state index contributed by atoms with van der Waals surface area (Å²) in [6.45, 7) is 5.28. The fraction of sp³-hybridized carbons (Fsp3) is 0.625. The molecule has 0 aromatic heterocycles. The van der Waals surface area contributed by atoms with E-state index in [4.69, 9.17) is 0 Å². The van der Waals surface area contributed by atoms with E-state index in [0.29, 0.717) is 11.6 Å².